The van der Waals surface area contributed by atoms with Gasteiger partial charge < -0.3 is 9.52 Å². The molecule has 7 heteroatoms. The van der Waals surface area contributed by atoms with E-state index in [0.717, 1.165) is 17.3 Å². The van der Waals surface area contributed by atoms with Crippen LogP contribution < -0.4 is 0 Å². The number of hydrogen-bond donors (Lipinski definition) is 1. The minimum absolute atomic E-state index is 0.000257. The van der Waals surface area contributed by atoms with E-state index in [4.69, 9.17) is 21.1 Å². The third-order valence-corrected chi connectivity index (χ3v) is 3.61. The summed E-state index contributed by atoms with van der Waals surface area (Å²) in [5, 5.41) is 9.96. The fraction of sp³-hybridized carbons (Fsp3) is 0. The third-order valence-electron chi connectivity index (χ3n) is 2.53. The SMILES string of the molecule is O=C(O)c1cc(Sc2nc3ccccc3o2)ncc1Cl. The predicted octanol–water partition coefficient (Wildman–Crippen LogP) is 3.73. The van der Waals surface area contributed by atoms with Gasteiger partial charge >= 0.3 is 5.97 Å². The van der Waals surface area contributed by atoms with E-state index in [0.29, 0.717) is 15.8 Å². The lowest BCUT2D eigenvalue weighted by molar-refractivity contribution is 0.0696. The van der Waals surface area contributed by atoms with Crippen molar-refractivity contribution < 1.29 is 14.3 Å². The second-order valence-corrected chi connectivity index (χ2v) is 5.24. The van der Waals surface area contributed by atoms with Gasteiger partial charge in [-0.05, 0) is 30.0 Å². The first kappa shape index (κ1) is 13.0. The highest BCUT2D eigenvalue weighted by Gasteiger charge is 2.13. The van der Waals surface area contributed by atoms with E-state index in [2.05, 4.69) is 9.97 Å². The van der Waals surface area contributed by atoms with Gasteiger partial charge in [-0.25, -0.2) is 14.8 Å². The van der Waals surface area contributed by atoms with Crippen molar-refractivity contribution in [2.24, 2.45) is 0 Å². The molecular weight excluding hydrogens is 300 g/mol. The fourth-order valence-corrected chi connectivity index (χ4v) is 2.54. The maximum absolute atomic E-state index is 11.0. The third kappa shape index (κ3) is 2.48. The van der Waals surface area contributed by atoms with Gasteiger partial charge in [-0.1, -0.05) is 23.7 Å². The van der Waals surface area contributed by atoms with E-state index in [-0.39, 0.29) is 10.6 Å². The number of benzene rings is 1. The molecule has 2 aromatic heterocycles. The van der Waals surface area contributed by atoms with Gasteiger partial charge in [0.2, 0.25) is 0 Å². The zero-order valence-electron chi connectivity index (χ0n) is 9.91. The number of carboxylic acid groups (broad SMARTS) is 1. The number of rotatable bonds is 3. The molecule has 0 atom stereocenters. The molecule has 3 aromatic rings. The minimum atomic E-state index is -1.10. The first-order chi connectivity index (χ1) is 9.63. The van der Waals surface area contributed by atoms with Gasteiger partial charge in [-0.2, -0.15) is 0 Å². The summed E-state index contributed by atoms with van der Waals surface area (Å²) in [6.07, 6.45) is 1.30. The number of para-hydroxylation sites is 2. The van der Waals surface area contributed by atoms with Crippen molar-refractivity contribution in [1.82, 2.24) is 9.97 Å². The van der Waals surface area contributed by atoms with E-state index in [9.17, 15) is 4.79 Å². The number of oxazole rings is 1. The number of pyridine rings is 1. The van der Waals surface area contributed by atoms with Crippen molar-refractivity contribution in [3.63, 3.8) is 0 Å². The van der Waals surface area contributed by atoms with Crippen LogP contribution in [-0.2, 0) is 0 Å². The molecule has 5 nitrogen and oxygen atoms in total. The van der Waals surface area contributed by atoms with Crippen LogP contribution in [0.4, 0.5) is 0 Å². The molecule has 3 rings (SSSR count). The molecule has 0 amide bonds. The molecule has 0 aliphatic heterocycles. The number of nitrogens with zero attached hydrogens (tertiary/aromatic N) is 2. The molecule has 2 heterocycles. The molecule has 0 fully saturated rings. The second-order valence-electron chi connectivity index (χ2n) is 3.86. The second kappa shape index (κ2) is 5.15. The maximum atomic E-state index is 11.0. The van der Waals surface area contributed by atoms with Gasteiger partial charge in [0, 0.05) is 6.20 Å². The van der Waals surface area contributed by atoms with Crippen molar-refractivity contribution >= 4 is 40.4 Å². The predicted molar refractivity (Wildman–Crippen MR) is 74.3 cm³/mol. The van der Waals surface area contributed by atoms with E-state index >= 15 is 0 Å². The Kier molecular flexibility index (Phi) is 3.33. The van der Waals surface area contributed by atoms with Crippen molar-refractivity contribution in [2.45, 2.75) is 10.2 Å². The Morgan fingerprint density at radius 2 is 2.15 bits per heavy atom. The first-order valence-electron chi connectivity index (χ1n) is 5.56. The molecule has 0 radical (unpaired) electrons. The summed E-state index contributed by atoms with van der Waals surface area (Å²) in [4.78, 5) is 19.3. The lowest BCUT2D eigenvalue weighted by atomic mass is 10.3. The first-order valence-corrected chi connectivity index (χ1v) is 6.75. The molecule has 0 spiro atoms. The Balaban J connectivity index is 1.94. The number of aromatic nitrogens is 2. The van der Waals surface area contributed by atoms with Gasteiger partial charge in [-0.15, -0.1) is 0 Å². The van der Waals surface area contributed by atoms with Crippen LogP contribution in [0.2, 0.25) is 5.02 Å². The smallest absolute Gasteiger partial charge is 0.337 e. The summed E-state index contributed by atoms with van der Waals surface area (Å²) < 4.78 is 5.53. The van der Waals surface area contributed by atoms with Gasteiger partial charge in [-0.3, -0.25) is 0 Å². The van der Waals surface area contributed by atoms with Gasteiger partial charge in [0.05, 0.1) is 10.6 Å². The van der Waals surface area contributed by atoms with E-state index in [1.165, 1.54) is 12.3 Å². The molecule has 0 aliphatic rings. The molecule has 0 unspecified atom stereocenters. The largest absolute Gasteiger partial charge is 0.478 e. The molecule has 1 N–H and O–H groups in total. The fourth-order valence-electron chi connectivity index (χ4n) is 1.62. The Morgan fingerprint density at radius 1 is 1.35 bits per heavy atom. The quantitative estimate of drug-likeness (QED) is 0.794. The Hall–Kier alpha value is -2.05. The molecule has 0 bridgehead atoms. The van der Waals surface area contributed by atoms with Crippen LogP contribution in [0, 0.1) is 0 Å². The highest BCUT2D eigenvalue weighted by Crippen LogP contribution is 2.30. The average Bonchev–Trinajstić information content (AvgIpc) is 2.82. The van der Waals surface area contributed by atoms with E-state index < -0.39 is 5.97 Å². The highest BCUT2D eigenvalue weighted by molar-refractivity contribution is 7.99. The minimum Gasteiger partial charge on any atom is -0.478 e. The number of hydrogen-bond acceptors (Lipinski definition) is 5. The maximum Gasteiger partial charge on any atom is 0.337 e. The van der Waals surface area contributed by atoms with Gasteiger partial charge in [0.15, 0.2) is 5.58 Å². The zero-order valence-corrected chi connectivity index (χ0v) is 11.5. The standard InChI is InChI=1S/C13H7ClN2O3S/c14-8-6-15-11(5-7(8)12(17)18)20-13-16-9-3-1-2-4-10(9)19-13/h1-6H,(H,17,18). The summed E-state index contributed by atoms with van der Waals surface area (Å²) in [5.74, 6) is -1.10. The van der Waals surface area contributed by atoms with Crippen LogP contribution in [0.1, 0.15) is 10.4 Å². The lowest BCUT2D eigenvalue weighted by Gasteiger charge is -2.00. The molecule has 0 aliphatic carbocycles. The summed E-state index contributed by atoms with van der Waals surface area (Å²) in [7, 11) is 0. The monoisotopic (exact) mass is 306 g/mol. The number of halogens is 1. The molecule has 0 saturated heterocycles. The summed E-state index contributed by atoms with van der Waals surface area (Å²) in [6.45, 7) is 0. The zero-order chi connectivity index (χ0) is 14.1. The van der Waals surface area contributed by atoms with Gasteiger partial charge in [0.25, 0.3) is 5.22 Å². The lowest BCUT2D eigenvalue weighted by Crippen LogP contribution is -1.98. The Bertz CT molecular complexity index is 770. The number of aromatic carboxylic acids is 1. The van der Waals surface area contributed by atoms with Crippen LogP contribution >= 0.6 is 23.4 Å². The number of fused-ring (bicyclic) bond motifs is 1. The summed E-state index contributed by atoms with van der Waals surface area (Å²) >= 11 is 6.91. The van der Waals surface area contributed by atoms with Gasteiger partial charge in [0.1, 0.15) is 10.5 Å². The van der Waals surface area contributed by atoms with Crippen molar-refractivity contribution in [3.8, 4) is 0 Å². The average molecular weight is 307 g/mol. The normalized spacial score (nSPS) is 10.8. The summed E-state index contributed by atoms with van der Waals surface area (Å²) in [5.41, 5.74) is 1.41. The van der Waals surface area contributed by atoms with Crippen LogP contribution in [0.25, 0.3) is 11.1 Å². The van der Waals surface area contributed by atoms with Crippen molar-refractivity contribution in [2.75, 3.05) is 0 Å². The molecule has 100 valence electrons. The van der Waals surface area contributed by atoms with E-state index in [1.807, 2.05) is 24.3 Å². The highest BCUT2D eigenvalue weighted by atomic mass is 35.5. The molecule has 20 heavy (non-hydrogen) atoms. The topological polar surface area (TPSA) is 76.2 Å². The van der Waals surface area contributed by atoms with Crippen molar-refractivity contribution in [1.29, 1.82) is 0 Å². The van der Waals surface area contributed by atoms with Crippen molar-refractivity contribution in [3.05, 3.63) is 47.1 Å². The van der Waals surface area contributed by atoms with Crippen LogP contribution in [0.15, 0.2) is 51.2 Å². The Labute approximate surface area is 122 Å². The van der Waals surface area contributed by atoms with Crippen LogP contribution in [0.5, 0.6) is 0 Å². The summed E-state index contributed by atoms with van der Waals surface area (Å²) in [6, 6.07) is 8.75. The molecule has 1 aromatic carbocycles. The Morgan fingerprint density at radius 3 is 2.90 bits per heavy atom. The molecule has 0 saturated carbocycles. The molecular formula is C13H7ClN2O3S. The van der Waals surface area contributed by atoms with E-state index in [1.54, 1.807) is 0 Å². The number of carboxylic acids is 1. The van der Waals surface area contributed by atoms with Crippen LogP contribution in [-0.4, -0.2) is 21.0 Å². The number of carbonyl (C=O) groups is 1. The van der Waals surface area contributed by atoms with Crippen LogP contribution in [0.3, 0.4) is 0 Å².